The van der Waals surface area contributed by atoms with Crippen LogP contribution >= 0.6 is 11.6 Å². The molecule has 0 saturated carbocycles. The molecule has 0 unspecified atom stereocenters. The van der Waals surface area contributed by atoms with Crippen molar-refractivity contribution in [2.45, 2.75) is 19.8 Å². The quantitative estimate of drug-likeness (QED) is 0.817. The molecule has 0 radical (unpaired) electrons. The lowest BCUT2D eigenvalue weighted by Gasteiger charge is -2.08. The molecule has 0 spiro atoms. The zero-order chi connectivity index (χ0) is 15.9. The van der Waals surface area contributed by atoms with Gasteiger partial charge in [0.05, 0.1) is 6.61 Å². The first-order valence-electron chi connectivity index (χ1n) is 7.04. The van der Waals surface area contributed by atoms with Crippen LogP contribution in [0, 0.1) is 0 Å². The second kappa shape index (κ2) is 7.66. The molecule has 0 bridgehead atoms. The minimum atomic E-state index is -0.635. The lowest BCUT2D eigenvalue weighted by molar-refractivity contribution is 0.160. The fourth-order valence-corrected chi connectivity index (χ4v) is 2.10. The van der Waals surface area contributed by atoms with Crippen molar-refractivity contribution in [3.05, 3.63) is 51.8 Å². The molecule has 0 fully saturated rings. The van der Waals surface area contributed by atoms with E-state index in [0.29, 0.717) is 17.3 Å². The number of hydrogen-bond acceptors (Lipinski definition) is 3. The monoisotopic (exact) mass is 320 g/mol. The van der Waals surface area contributed by atoms with Crippen molar-refractivity contribution >= 4 is 23.4 Å². The molecule has 0 aliphatic rings. The van der Waals surface area contributed by atoms with Crippen LogP contribution in [-0.2, 0) is 4.74 Å². The molecule has 22 heavy (non-hydrogen) atoms. The maximum absolute atomic E-state index is 12.0. The van der Waals surface area contributed by atoms with E-state index < -0.39 is 11.7 Å². The number of carbonyl (C=O) groups excluding carboxylic acids is 1. The van der Waals surface area contributed by atoms with Gasteiger partial charge in [-0.3, -0.25) is 10.1 Å². The maximum Gasteiger partial charge on any atom is 0.411 e. The number of benzene rings is 1. The van der Waals surface area contributed by atoms with E-state index in [1.807, 2.05) is 19.1 Å². The number of rotatable bonds is 5. The van der Waals surface area contributed by atoms with Crippen LogP contribution in [0.4, 0.5) is 10.5 Å². The topological polar surface area (TPSA) is 71.2 Å². The maximum atomic E-state index is 12.0. The Hall–Kier alpha value is -2.27. The zero-order valence-electron chi connectivity index (χ0n) is 12.2. The smallest absolute Gasteiger partial charge is 0.411 e. The Morgan fingerprint density at radius 2 is 2.05 bits per heavy atom. The van der Waals surface area contributed by atoms with Crippen molar-refractivity contribution in [3.8, 4) is 11.3 Å². The zero-order valence-corrected chi connectivity index (χ0v) is 12.9. The van der Waals surface area contributed by atoms with Gasteiger partial charge in [-0.15, -0.1) is 0 Å². The van der Waals surface area contributed by atoms with Gasteiger partial charge >= 0.3 is 6.09 Å². The number of amides is 1. The van der Waals surface area contributed by atoms with Crippen LogP contribution < -0.4 is 10.9 Å². The number of nitrogens with one attached hydrogen (secondary N) is 2. The largest absolute Gasteiger partial charge is 0.449 e. The van der Waals surface area contributed by atoms with E-state index in [9.17, 15) is 9.59 Å². The highest BCUT2D eigenvalue weighted by molar-refractivity contribution is 6.33. The molecule has 1 aromatic heterocycles. The highest BCUT2D eigenvalue weighted by Gasteiger charge is 2.09. The number of anilines is 1. The van der Waals surface area contributed by atoms with E-state index in [0.717, 1.165) is 18.4 Å². The van der Waals surface area contributed by atoms with E-state index in [1.165, 1.54) is 6.07 Å². The number of pyridine rings is 1. The molecule has 1 aromatic carbocycles. The summed E-state index contributed by atoms with van der Waals surface area (Å²) in [6.07, 6.45) is 1.08. The second-order valence-electron chi connectivity index (χ2n) is 4.71. The summed E-state index contributed by atoms with van der Waals surface area (Å²) in [6.45, 7) is 2.33. The van der Waals surface area contributed by atoms with Crippen LogP contribution in [0.5, 0.6) is 0 Å². The fraction of sp³-hybridized carbons (Fsp3) is 0.250. The summed E-state index contributed by atoms with van der Waals surface area (Å²) in [4.78, 5) is 26.3. The Balaban J connectivity index is 2.12. The molecule has 1 heterocycles. The Labute approximate surface area is 133 Å². The van der Waals surface area contributed by atoms with Gasteiger partial charge < -0.3 is 9.72 Å². The average Bonchev–Trinajstić information content (AvgIpc) is 2.50. The molecular formula is C16H17ClN2O3. The second-order valence-corrected chi connectivity index (χ2v) is 5.12. The number of halogens is 1. The van der Waals surface area contributed by atoms with Crippen LogP contribution in [0.1, 0.15) is 19.8 Å². The number of unbranched alkanes of at least 4 members (excludes halogenated alkanes) is 1. The van der Waals surface area contributed by atoms with Crippen molar-refractivity contribution in [1.82, 2.24) is 4.98 Å². The van der Waals surface area contributed by atoms with Gasteiger partial charge in [0.2, 0.25) is 0 Å². The van der Waals surface area contributed by atoms with E-state index in [2.05, 4.69) is 10.3 Å². The van der Waals surface area contributed by atoms with Crippen LogP contribution in [0.15, 0.2) is 41.2 Å². The van der Waals surface area contributed by atoms with Gasteiger partial charge in [0, 0.05) is 16.3 Å². The average molecular weight is 321 g/mol. The third kappa shape index (κ3) is 4.11. The van der Waals surface area contributed by atoms with E-state index >= 15 is 0 Å². The van der Waals surface area contributed by atoms with Crippen LogP contribution in [0.25, 0.3) is 11.3 Å². The molecular weight excluding hydrogens is 304 g/mol. The van der Waals surface area contributed by atoms with Crippen molar-refractivity contribution in [3.63, 3.8) is 0 Å². The minimum absolute atomic E-state index is 0.136. The Morgan fingerprint density at radius 3 is 2.73 bits per heavy atom. The minimum Gasteiger partial charge on any atom is -0.449 e. The van der Waals surface area contributed by atoms with Crippen molar-refractivity contribution in [2.24, 2.45) is 0 Å². The van der Waals surface area contributed by atoms with Crippen molar-refractivity contribution in [1.29, 1.82) is 0 Å². The number of carbonyl (C=O) groups is 1. The standard InChI is InChI=1S/C16H17ClN2O3/c1-2-3-10-22-16(21)19-14-9-8-13(18-15(14)20)11-6-4-5-7-12(11)17/h4-9H,2-3,10H2,1H3,(H,18,20)(H,19,21). The number of aromatic amines is 1. The summed E-state index contributed by atoms with van der Waals surface area (Å²) < 4.78 is 4.95. The predicted molar refractivity (Wildman–Crippen MR) is 87.4 cm³/mol. The molecule has 0 aliphatic heterocycles. The van der Waals surface area contributed by atoms with Crippen LogP contribution in [0.2, 0.25) is 5.02 Å². The Kier molecular flexibility index (Phi) is 5.61. The number of H-pyrrole nitrogens is 1. The molecule has 1 amide bonds. The SMILES string of the molecule is CCCCOC(=O)Nc1ccc(-c2ccccc2Cl)[nH]c1=O. The van der Waals surface area contributed by atoms with Crippen molar-refractivity contribution < 1.29 is 9.53 Å². The summed E-state index contributed by atoms with van der Waals surface area (Å²) in [6, 6.07) is 10.4. The summed E-state index contributed by atoms with van der Waals surface area (Å²) in [7, 11) is 0. The van der Waals surface area contributed by atoms with Crippen LogP contribution in [0.3, 0.4) is 0 Å². The normalized spacial score (nSPS) is 10.3. The molecule has 0 aliphatic carbocycles. The first kappa shape index (κ1) is 16.1. The molecule has 0 atom stereocenters. The van der Waals surface area contributed by atoms with Gasteiger partial charge in [-0.25, -0.2) is 4.79 Å². The number of aromatic nitrogens is 1. The number of ether oxygens (including phenoxy) is 1. The molecule has 6 heteroatoms. The first-order chi connectivity index (χ1) is 10.6. The first-order valence-corrected chi connectivity index (χ1v) is 7.41. The highest BCUT2D eigenvalue weighted by atomic mass is 35.5. The number of hydrogen-bond donors (Lipinski definition) is 2. The molecule has 5 nitrogen and oxygen atoms in total. The molecule has 2 aromatic rings. The van der Waals surface area contributed by atoms with Gasteiger partial charge in [-0.05, 0) is 24.6 Å². The van der Waals surface area contributed by atoms with Gasteiger partial charge in [0.1, 0.15) is 5.69 Å². The van der Waals surface area contributed by atoms with Crippen molar-refractivity contribution in [2.75, 3.05) is 11.9 Å². The Bertz CT molecular complexity index is 713. The van der Waals surface area contributed by atoms with E-state index in [1.54, 1.807) is 18.2 Å². The fourth-order valence-electron chi connectivity index (χ4n) is 1.86. The van der Waals surface area contributed by atoms with Gasteiger partial charge in [-0.1, -0.05) is 43.1 Å². The summed E-state index contributed by atoms with van der Waals surface area (Å²) in [5.41, 5.74) is 1.03. The van der Waals surface area contributed by atoms with E-state index in [-0.39, 0.29) is 5.69 Å². The van der Waals surface area contributed by atoms with Gasteiger partial charge in [0.15, 0.2) is 0 Å². The lowest BCUT2D eigenvalue weighted by atomic mass is 10.1. The molecule has 2 rings (SSSR count). The highest BCUT2D eigenvalue weighted by Crippen LogP contribution is 2.25. The summed E-state index contributed by atoms with van der Waals surface area (Å²) in [5, 5.41) is 2.96. The molecule has 2 N–H and O–H groups in total. The van der Waals surface area contributed by atoms with Gasteiger partial charge in [-0.2, -0.15) is 0 Å². The Morgan fingerprint density at radius 1 is 1.27 bits per heavy atom. The molecule has 0 saturated heterocycles. The third-order valence-electron chi connectivity index (χ3n) is 3.04. The summed E-state index contributed by atoms with van der Waals surface area (Å²) in [5.74, 6) is 0. The predicted octanol–water partition coefficient (Wildman–Crippen LogP) is 4.04. The molecule has 116 valence electrons. The van der Waals surface area contributed by atoms with E-state index in [4.69, 9.17) is 16.3 Å². The van der Waals surface area contributed by atoms with Gasteiger partial charge in [0.25, 0.3) is 5.56 Å². The summed E-state index contributed by atoms with van der Waals surface area (Å²) >= 11 is 6.09. The lowest BCUT2D eigenvalue weighted by Crippen LogP contribution is -2.21. The van der Waals surface area contributed by atoms with Crippen LogP contribution in [-0.4, -0.2) is 17.7 Å². The third-order valence-corrected chi connectivity index (χ3v) is 3.37.